The van der Waals surface area contributed by atoms with E-state index in [1.54, 1.807) is 0 Å². The molecule has 1 aliphatic heterocycles. The quantitative estimate of drug-likeness (QED) is 0.284. The van der Waals surface area contributed by atoms with Crippen LogP contribution in [0.25, 0.3) is 38.8 Å². The van der Waals surface area contributed by atoms with Crippen LogP contribution in [-0.4, -0.2) is 9.55 Å². The Balaban J connectivity index is 1.43. The summed E-state index contributed by atoms with van der Waals surface area (Å²) >= 11 is 0. The average Bonchev–Trinajstić information content (AvgIpc) is 3.20. The lowest BCUT2D eigenvalue weighted by Gasteiger charge is -2.20. The van der Waals surface area contributed by atoms with Crippen molar-refractivity contribution >= 4 is 21.8 Å². The fourth-order valence-corrected chi connectivity index (χ4v) is 4.58. The molecule has 0 saturated carbocycles. The van der Waals surface area contributed by atoms with E-state index in [1.165, 1.54) is 5.39 Å². The molecule has 0 saturated heterocycles. The summed E-state index contributed by atoms with van der Waals surface area (Å²) in [6.45, 7) is 0. The van der Waals surface area contributed by atoms with Crippen molar-refractivity contribution in [3.05, 3.63) is 109 Å². The van der Waals surface area contributed by atoms with Gasteiger partial charge < -0.3 is 14.0 Å². The molecule has 7 rings (SSSR count). The van der Waals surface area contributed by atoms with E-state index in [1.807, 2.05) is 48.7 Å². The van der Waals surface area contributed by atoms with E-state index >= 15 is 0 Å². The highest BCUT2D eigenvalue weighted by atomic mass is 16.6. The maximum absolute atomic E-state index is 6.20. The third-order valence-corrected chi connectivity index (χ3v) is 6.11. The lowest BCUT2D eigenvalue weighted by atomic mass is 10.1. The van der Waals surface area contributed by atoms with Crippen molar-refractivity contribution in [2.75, 3.05) is 0 Å². The van der Waals surface area contributed by atoms with E-state index in [9.17, 15) is 0 Å². The molecule has 4 heteroatoms. The number of ether oxygens (including phenoxy) is 2. The van der Waals surface area contributed by atoms with Crippen LogP contribution in [0.4, 0.5) is 0 Å². The fraction of sp³-hybridized carbons (Fsp3) is 0. The van der Waals surface area contributed by atoms with E-state index in [-0.39, 0.29) is 0 Å². The van der Waals surface area contributed by atoms with Crippen molar-refractivity contribution < 1.29 is 9.47 Å². The zero-order chi connectivity index (χ0) is 21.8. The third kappa shape index (κ3) is 2.81. The van der Waals surface area contributed by atoms with Gasteiger partial charge in [0, 0.05) is 34.3 Å². The molecular weight excluding hydrogens is 408 g/mol. The smallest absolute Gasteiger partial charge is 0.172 e. The zero-order valence-corrected chi connectivity index (χ0v) is 17.6. The number of benzene rings is 4. The predicted octanol–water partition coefficient (Wildman–Crippen LogP) is 7.74. The van der Waals surface area contributed by atoms with Gasteiger partial charge in [0.1, 0.15) is 0 Å². The minimum absolute atomic E-state index is 0.718. The lowest BCUT2D eigenvalue weighted by molar-refractivity contribution is 0.360. The molecule has 0 radical (unpaired) electrons. The van der Waals surface area contributed by atoms with Crippen LogP contribution in [0.2, 0.25) is 0 Å². The highest BCUT2D eigenvalue weighted by molar-refractivity contribution is 6.10. The molecule has 33 heavy (non-hydrogen) atoms. The van der Waals surface area contributed by atoms with Crippen LogP contribution in [-0.2, 0) is 0 Å². The summed E-state index contributed by atoms with van der Waals surface area (Å²) < 4.78 is 14.7. The van der Waals surface area contributed by atoms with Gasteiger partial charge >= 0.3 is 0 Å². The minimum Gasteiger partial charge on any atom is -0.449 e. The molecule has 6 aromatic rings. The molecule has 0 unspecified atom stereocenters. The maximum Gasteiger partial charge on any atom is 0.172 e. The summed E-state index contributed by atoms with van der Waals surface area (Å²) in [5, 5.41) is 2.30. The molecule has 0 N–H and O–H groups in total. The van der Waals surface area contributed by atoms with Crippen molar-refractivity contribution in [3.63, 3.8) is 0 Å². The van der Waals surface area contributed by atoms with Gasteiger partial charge in [-0.15, -0.1) is 0 Å². The summed E-state index contributed by atoms with van der Waals surface area (Å²) in [7, 11) is 0. The number of fused-ring (bicyclic) bond motifs is 5. The Labute approximate surface area is 190 Å². The van der Waals surface area contributed by atoms with Gasteiger partial charge in [-0.1, -0.05) is 48.5 Å². The topological polar surface area (TPSA) is 36.3 Å². The van der Waals surface area contributed by atoms with Crippen molar-refractivity contribution in [1.82, 2.24) is 9.55 Å². The number of hydrogen-bond acceptors (Lipinski definition) is 3. The Kier molecular flexibility index (Phi) is 3.81. The van der Waals surface area contributed by atoms with Gasteiger partial charge in [0.2, 0.25) is 0 Å². The first-order chi connectivity index (χ1) is 16.3. The molecule has 4 nitrogen and oxygen atoms in total. The Morgan fingerprint density at radius 2 is 1.24 bits per heavy atom. The molecule has 0 bridgehead atoms. The predicted molar refractivity (Wildman–Crippen MR) is 131 cm³/mol. The number of rotatable bonds is 2. The van der Waals surface area contributed by atoms with Crippen LogP contribution in [0.1, 0.15) is 0 Å². The van der Waals surface area contributed by atoms with Crippen molar-refractivity contribution in [2.24, 2.45) is 0 Å². The number of para-hydroxylation sites is 3. The second-order valence-corrected chi connectivity index (χ2v) is 8.08. The lowest BCUT2D eigenvalue weighted by Crippen LogP contribution is -1.99. The molecule has 2 aromatic heterocycles. The highest BCUT2D eigenvalue weighted by Crippen LogP contribution is 2.48. The van der Waals surface area contributed by atoms with Gasteiger partial charge in [0.05, 0.1) is 16.7 Å². The van der Waals surface area contributed by atoms with Crippen molar-refractivity contribution in [3.8, 4) is 39.9 Å². The first kappa shape index (κ1) is 18.0. The average molecular weight is 426 g/mol. The SMILES string of the molecule is c1ccc(-c2ccc(-n3c4ccccc4c4cc5c(cc43)Oc3ccccc3O5)cc2)nc1. The van der Waals surface area contributed by atoms with Crippen LogP contribution in [0, 0.1) is 0 Å². The van der Waals surface area contributed by atoms with E-state index in [0.29, 0.717) is 0 Å². The maximum atomic E-state index is 6.20. The molecular formula is C29H18N2O2. The monoisotopic (exact) mass is 426 g/mol. The van der Waals surface area contributed by atoms with Gasteiger partial charge in [-0.2, -0.15) is 0 Å². The van der Waals surface area contributed by atoms with Gasteiger partial charge in [0.15, 0.2) is 23.0 Å². The largest absolute Gasteiger partial charge is 0.449 e. The molecule has 0 aliphatic carbocycles. The van der Waals surface area contributed by atoms with Crippen LogP contribution >= 0.6 is 0 Å². The number of hydrogen-bond donors (Lipinski definition) is 0. The number of nitrogens with zero attached hydrogens (tertiary/aromatic N) is 2. The number of aromatic nitrogens is 2. The minimum atomic E-state index is 0.718. The van der Waals surface area contributed by atoms with E-state index < -0.39 is 0 Å². The van der Waals surface area contributed by atoms with E-state index in [4.69, 9.17) is 9.47 Å². The Bertz CT molecular complexity index is 1650. The van der Waals surface area contributed by atoms with Gasteiger partial charge in [0.25, 0.3) is 0 Å². The fourth-order valence-electron chi connectivity index (χ4n) is 4.58. The first-order valence-electron chi connectivity index (χ1n) is 10.9. The van der Waals surface area contributed by atoms with E-state index in [2.05, 4.69) is 70.2 Å². The normalized spacial score (nSPS) is 12.1. The van der Waals surface area contributed by atoms with Crippen molar-refractivity contribution in [2.45, 2.75) is 0 Å². The Morgan fingerprint density at radius 3 is 2.00 bits per heavy atom. The molecule has 0 spiro atoms. The van der Waals surface area contributed by atoms with Crippen LogP contribution in [0.15, 0.2) is 109 Å². The third-order valence-electron chi connectivity index (χ3n) is 6.11. The van der Waals surface area contributed by atoms with Gasteiger partial charge in [-0.25, -0.2) is 0 Å². The van der Waals surface area contributed by atoms with Crippen molar-refractivity contribution in [1.29, 1.82) is 0 Å². The summed E-state index contributed by atoms with van der Waals surface area (Å²) in [4.78, 5) is 4.47. The van der Waals surface area contributed by atoms with Gasteiger partial charge in [-0.3, -0.25) is 4.98 Å². The Morgan fingerprint density at radius 1 is 0.545 bits per heavy atom. The molecule has 1 aliphatic rings. The van der Waals surface area contributed by atoms with Crippen LogP contribution < -0.4 is 9.47 Å². The molecule has 0 atom stereocenters. The molecule has 156 valence electrons. The molecule has 4 aromatic carbocycles. The molecule has 0 amide bonds. The van der Waals surface area contributed by atoms with E-state index in [0.717, 1.165) is 56.4 Å². The summed E-state index contributed by atoms with van der Waals surface area (Å²) in [5.74, 6) is 2.91. The zero-order valence-electron chi connectivity index (χ0n) is 17.6. The second-order valence-electron chi connectivity index (χ2n) is 8.08. The van der Waals surface area contributed by atoms with Crippen LogP contribution in [0.5, 0.6) is 23.0 Å². The molecule has 3 heterocycles. The summed E-state index contributed by atoms with van der Waals surface area (Å²) in [6.07, 6.45) is 1.82. The Hall–Kier alpha value is -4.57. The molecule has 0 fully saturated rings. The second kappa shape index (κ2) is 6.97. The highest BCUT2D eigenvalue weighted by Gasteiger charge is 2.22. The van der Waals surface area contributed by atoms with Gasteiger partial charge in [-0.05, 0) is 48.5 Å². The first-order valence-corrected chi connectivity index (χ1v) is 10.9. The standard InChI is InChI=1S/C29H18N2O2/c1-2-9-24-21(7-1)22-17-28-29(33-27-11-4-3-10-26(27)32-28)18-25(22)31(24)20-14-12-19(13-15-20)23-8-5-6-16-30-23/h1-18H. The summed E-state index contributed by atoms with van der Waals surface area (Å²) in [5.41, 5.74) is 5.34. The van der Waals surface area contributed by atoms with Crippen LogP contribution in [0.3, 0.4) is 0 Å². The number of pyridine rings is 1. The summed E-state index contributed by atoms with van der Waals surface area (Å²) in [6, 6.07) is 34.8.